The van der Waals surface area contributed by atoms with Crippen LogP contribution in [0.3, 0.4) is 0 Å². The zero-order valence-electron chi connectivity index (χ0n) is 12.2. The number of rotatable bonds is 5. The minimum absolute atomic E-state index is 0.0834. The molecule has 1 N–H and O–H groups in total. The Morgan fingerprint density at radius 2 is 2.14 bits per heavy atom. The van der Waals surface area contributed by atoms with E-state index in [0.29, 0.717) is 12.3 Å². The van der Waals surface area contributed by atoms with E-state index in [1.807, 2.05) is 19.1 Å². The van der Waals surface area contributed by atoms with Crippen LogP contribution in [-0.2, 0) is 0 Å². The third-order valence-electron chi connectivity index (χ3n) is 3.87. The first-order chi connectivity index (χ1) is 10.2. The molecule has 1 aliphatic heterocycles. The number of nitrogens with zero attached hydrogens (tertiary/aromatic N) is 1. The van der Waals surface area contributed by atoms with E-state index in [9.17, 15) is 4.79 Å². The molecule has 21 heavy (non-hydrogen) atoms. The van der Waals surface area contributed by atoms with Gasteiger partial charge in [-0.1, -0.05) is 0 Å². The molecule has 0 bridgehead atoms. The molecule has 1 amide bonds. The Hall–Kier alpha value is -2.01. The summed E-state index contributed by atoms with van der Waals surface area (Å²) in [4.78, 5) is 14.4. The summed E-state index contributed by atoms with van der Waals surface area (Å²) in [6.45, 7) is 4.54. The van der Waals surface area contributed by atoms with Crippen molar-refractivity contribution in [1.29, 1.82) is 0 Å². The molecule has 0 unspecified atom stereocenters. The van der Waals surface area contributed by atoms with Crippen molar-refractivity contribution in [2.75, 3.05) is 19.6 Å². The molecule has 1 aliphatic rings. The van der Waals surface area contributed by atoms with Crippen molar-refractivity contribution < 1.29 is 13.6 Å². The Kier molecular flexibility index (Phi) is 4.10. The predicted octanol–water partition coefficient (Wildman–Crippen LogP) is 2.75. The highest BCUT2D eigenvalue weighted by Gasteiger charge is 2.26. The van der Waals surface area contributed by atoms with Crippen molar-refractivity contribution in [2.45, 2.75) is 25.8 Å². The van der Waals surface area contributed by atoms with Gasteiger partial charge in [0.05, 0.1) is 12.3 Å². The number of hydrogen-bond donors (Lipinski definition) is 1. The SMILES string of the molecule is Cc1ccc([C@H](CNC(=O)c2ccco2)N2CCCC2)o1. The highest BCUT2D eigenvalue weighted by molar-refractivity contribution is 5.91. The largest absolute Gasteiger partial charge is 0.465 e. The van der Waals surface area contributed by atoms with Gasteiger partial charge in [-0.2, -0.15) is 0 Å². The van der Waals surface area contributed by atoms with Crippen LogP contribution in [0.5, 0.6) is 0 Å². The van der Waals surface area contributed by atoms with E-state index >= 15 is 0 Å². The van der Waals surface area contributed by atoms with Gasteiger partial charge in [0.15, 0.2) is 5.76 Å². The number of likely N-dealkylation sites (tertiary alicyclic amines) is 1. The number of carbonyl (C=O) groups is 1. The first kappa shape index (κ1) is 13.9. The van der Waals surface area contributed by atoms with E-state index in [0.717, 1.165) is 24.6 Å². The van der Waals surface area contributed by atoms with Gasteiger partial charge >= 0.3 is 0 Å². The van der Waals surface area contributed by atoms with Crippen molar-refractivity contribution in [2.24, 2.45) is 0 Å². The second-order valence-electron chi connectivity index (χ2n) is 5.39. The molecule has 5 heteroatoms. The summed E-state index contributed by atoms with van der Waals surface area (Å²) in [6, 6.07) is 7.42. The number of furan rings is 2. The third-order valence-corrected chi connectivity index (χ3v) is 3.87. The minimum atomic E-state index is -0.188. The van der Waals surface area contributed by atoms with Gasteiger partial charge in [0.2, 0.25) is 0 Å². The van der Waals surface area contributed by atoms with Gasteiger partial charge < -0.3 is 14.2 Å². The Bertz CT molecular complexity index is 582. The standard InChI is InChI=1S/C16H20N2O3/c1-12-6-7-14(21-12)13(18-8-2-3-9-18)11-17-16(19)15-5-4-10-20-15/h4-7,10,13H,2-3,8-9,11H2,1H3,(H,17,19)/t13-/m0/s1. The minimum Gasteiger partial charge on any atom is -0.465 e. The van der Waals surface area contributed by atoms with Gasteiger partial charge in [-0.15, -0.1) is 0 Å². The fourth-order valence-corrected chi connectivity index (χ4v) is 2.78. The van der Waals surface area contributed by atoms with Gasteiger partial charge in [-0.05, 0) is 57.1 Å². The van der Waals surface area contributed by atoms with Crippen LogP contribution < -0.4 is 5.32 Å². The topological polar surface area (TPSA) is 58.6 Å². The molecule has 0 spiro atoms. The molecule has 0 saturated carbocycles. The lowest BCUT2D eigenvalue weighted by Crippen LogP contribution is -2.36. The van der Waals surface area contributed by atoms with E-state index in [1.165, 1.54) is 19.1 Å². The van der Waals surface area contributed by atoms with Gasteiger partial charge in [-0.25, -0.2) is 0 Å². The van der Waals surface area contributed by atoms with Crippen molar-refractivity contribution in [3.63, 3.8) is 0 Å². The quantitative estimate of drug-likeness (QED) is 0.919. The van der Waals surface area contributed by atoms with E-state index in [2.05, 4.69) is 10.2 Å². The lowest BCUT2D eigenvalue weighted by molar-refractivity contribution is 0.0906. The van der Waals surface area contributed by atoms with Crippen LogP contribution >= 0.6 is 0 Å². The van der Waals surface area contributed by atoms with Crippen molar-refractivity contribution in [3.8, 4) is 0 Å². The molecule has 5 nitrogen and oxygen atoms in total. The summed E-state index contributed by atoms with van der Waals surface area (Å²) < 4.78 is 10.9. The van der Waals surface area contributed by atoms with E-state index in [4.69, 9.17) is 8.83 Å². The molecule has 1 atom stereocenters. The van der Waals surface area contributed by atoms with Crippen molar-refractivity contribution in [3.05, 3.63) is 47.8 Å². The third kappa shape index (κ3) is 3.19. The summed E-state index contributed by atoms with van der Waals surface area (Å²) in [6.07, 6.45) is 3.90. The normalized spacial score (nSPS) is 17.0. The lowest BCUT2D eigenvalue weighted by atomic mass is 10.2. The van der Waals surface area contributed by atoms with E-state index in [1.54, 1.807) is 12.1 Å². The summed E-state index contributed by atoms with van der Waals surface area (Å²) in [5.41, 5.74) is 0. The molecular weight excluding hydrogens is 268 g/mol. The van der Waals surface area contributed by atoms with E-state index in [-0.39, 0.29) is 11.9 Å². The van der Waals surface area contributed by atoms with Crippen LogP contribution in [-0.4, -0.2) is 30.4 Å². The zero-order valence-corrected chi connectivity index (χ0v) is 12.2. The smallest absolute Gasteiger partial charge is 0.287 e. The molecule has 3 rings (SSSR count). The molecule has 0 radical (unpaired) electrons. The average molecular weight is 288 g/mol. The number of nitrogens with one attached hydrogen (secondary N) is 1. The van der Waals surface area contributed by atoms with Gasteiger partial charge in [0.25, 0.3) is 5.91 Å². The number of amides is 1. The van der Waals surface area contributed by atoms with Crippen LogP contribution in [0.15, 0.2) is 39.4 Å². The maximum absolute atomic E-state index is 12.0. The summed E-state index contributed by atoms with van der Waals surface area (Å²) in [7, 11) is 0. The van der Waals surface area contributed by atoms with Crippen molar-refractivity contribution in [1.82, 2.24) is 10.2 Å². The van der Waals surface area contributed by atoms with Gasteiger partial charge in [-0.3, -0.25) is 9.69 Å². The fraction of sp³-hybridized carbons (Fsp3) is 0.438. The second kappa shape index (κ2) is 6.18. The molecular formula is C16H20N2O3. The predicted molar refractivity (Wildman–Crippen MR) is 78.0 cm³/mol. The average Bonchev–Trinajstić information content (AvgIpc) is 3.21. The van der Waals surface area contributed by atoms with Gasteiger partial charge in [0, 0.05) is 6.54 Å². The molecule has 2 aromatic rings. The first-order valence-electron chi connectivity index (χ1n) is 7.36. The summed E-state index contributed by atoms with van der Waals surface area (Å²) in [5.74, 6) is 1.96. The molecule has 2 aromatic heterocycles. The van der Waals surface area contributed by atoms with E-state index < -0.39 is 0 Å². The van der Waals surface area contributed by atoms with Crippen LogP contribution in [0.4, 0.5) is 0 Å². The van der Waals surface area contributed by atoms with Crippen LogP contribution in [0.1, 0.15) is 41.0 Å². The Balaban J connectivity index is 1.69. The Morgan fingerprint density at radius 1 is 1.33 bits per heavy atom. The fourth-order valence-electron chi connectivity index (χ4n) is 2.78. The maximum Gasteiger partial charge on any atom is 0.287 e. The van der Waals surface area contributed by atoms with Crippen LogP contribution in [0.25, 0.3) is 0 Å². The van der Waals surface area contributed by atoms with Crippen LogP contribution in [0, 0.1) is 6.92 Å². The lowest BCUT2D eigenvalue weighted by Gasteiger charge is -2.25. The van der Waals surface area contributed by atoms with Crippen molar-refractivity contribution >= 4 is 5.91 Å². The number of hydrogen-bond acceptors (Lipinski definition) is 4. The molecule has 112 valence electrons. The molecule has 3 heterocycles. The van der Waals surface area contributed by atoms with Crippen LogP contribution in [0.2, 0.25) is 0 Å². The highest BCUT2D eigenvalue weighted by Crippen LogP contribution is 2.26. The molecule has 0 aromatic carbocycles. The number of aryl methyl sites for hydroxylation is 1. The monoisotopic (exact) mass is 288 g/mol. The number of carbonyl (C=O) groups excluding carboxylic acids is 1. The molecule has 1 saturated heterocycles. The Morgan fingerprint density at radius 3 is 2.76 bits per heavy atom. The van der Waals surface area contributed by atoms with Gasteiger partial charge in [0.1, 0.15) is 11.5 Å². The summed E-state index contributed by atoms with van der Waals surface area (Å²) >= 11 is 0. The zero-order chi connectivity index (χ0) is 14.7. The summed E-state index contributed by atoms with van der Waals surface area (Å²) in [5, 5.41) is 2.94. The first-order valence-corrected chi connectivity index (χ1v) is 7.36. The second-order valence-corrected chi connectivity index (χ2v) is 5.39. The molecule has 1 fully saturated rings. The Labute approximate surface area is 123 Å². The maximum atomic E-state index is 12.0. The molecule has 0 aliphatic carbocycles. The highest BCUT2D eigenvalue weighted by atomic mass is 16.3.